The molecular weight excluding hydrogens is 400 g/mol. The Morgan fingerprint density at radius 1 is 1.07 bits per heavy atom. The number of nitrogens with one attached hydrogen (secondary N) is 1. The van der Waals surface area contributed by atoms with Crippen LogP contribution in [-0.4, -0.2) is 22.4 Å². The SMILES string of the molecule is Nc1ccc(-c2csc3nc(Nc4ccc(S(=O)(=O)O)cc4)cc(=O)n23)cc1. The second-order valence-corrected chi connectivity index (χ2v) is 8.22. The number of anilines is 3. The maximum Gasteiger partial charge on any atom is 0.294 e. The highest BCUT2D eigenvalue weighted by molar-refractivity contribution is 7.85. The summed E-state index contributed by atoms with van der Waals surface area (Å²) >= 11 is 1.33. The summed E-state index contributed by atoms with van der Waals surface area (Å²) in [7, 11) is -4.26. The van der Waals surface area contributed by atoms with Crippen molar-refractivity contribution in [2.45, 2.75) is 4.90 Å². The van der Waals surface area contributed by atoms with E-state index >= 15 is 0 Å². The van der Waals surface area contributed by atoms with Gasteiger partial charge in [0.25, 0.3) is 15.7 Å². The van der Waals surface area contributed by atoms with Gasteiger partial charge in [0.1, 0.15) is 5.82 Å². The number of rotatable bonds is 4. The lowest BCUT2D eigenvalue weighted by Crippen LogP contribution is -2.14. The topological polar surface area (TPSA) is 127 Å². The van der Waals surface area contributed by atoms with Gasteiger partial charge in [0.2, 0.25) is 0 Å². The molecule has 0 saturated heterocycles. The average molecular weight is 414 g/mol. The molecule has 0 atom stereocenters. The molecule has 0 amide bonds. The van der Waals surface area contributed by atoms with E-state index in [9.17, 15) is 13.2 Å². The zero-order chi connectivity index (χ0) is 19.9. The number of aromatic nitrogens is 2. The number of benzene rings is 2. The van der Waals surface area contributed by atoms with Crippen molar-refractivity contribution >= 4 is 43.6 Å². The molecule has 0 unspecified atom stereocenters. The van der Waals surface area contributed by atoms with Crippen LogP contribution in [0.15, 0.2) is 69.7 Å². The first kappa shape index (κ1) is 18.2. The Kier molecular flexibility index (Phi) is 4.38. The molecular formula is C18H14N4O4S2. The quantitative estimate of drug-likeness (QED) is 0.346. The first-order chi connectivity index (χ1) is 13.3. The van der Waals surface area contributed by atoms with Crippen molar-refractivity contribution in [1.29, 1.82) is 0 Å². The molecule has 28 heavy (non-hydrogen) atoms. The van der Waals surface area contributed by atoms with Gasteiger partial charge in [-0.2, -0.15) is 8.42 Å². The van der Waals surface area contributed by atoms with Crippen molar-refractivity contribution in [2.24, 2.45) is 0 Å². The Morgan fingerprint density at radius 3 is 2.39 bits per heavy atom. The molecule has 4 N–H and O–H groups in total. The first-order valence-corrected chi connectivity index (χ1v) is 10.3. The number of hydrogen-bond donors (Lipinski definition) is 3. The van der Waals surface area contributed by atoms with Crippen LogP contribution in [0.4, 0.5) is 17.2 Å². The third kappa shape index (κ3) is 3.48. The molecule has 0 fully saturated rings. The largest absolute Gasteiger partial charge is 0.399 e. The second-order valence-electron chi connectivity index (χ2n) is 5.96. The van der Waals surface area contributed by atoms with Crippen molar-refractivity contribution in [3.05, 3.63) is 70.3 Å². The van der Waals surface area contributed by atoms with Crippen LogP contribution in [0.2, 0.25) is 0 Å². The highest BCUT2D eigenvalue weighted by atomic mass is 32.2. The summed E-state index contributed by atoms with van der Waals surface area (Å²) in [6, 6.07) is 14.0. The lowest BCUT2D eigenvalue weighted by Gasteiger charge is -2.07. The van der Waals surface area contributed by atoms with Crippen molar-refractivity contribution in [3.63, 3.8) is 0 Å². The van der Waals surface area contributed by atoms with Gasteiger partial charge in [0.15, 0.2) is 4.96 Å². The second kappa shape index (κ2) is 6.75. The number of nitrogen functional groups attached to an aromatic ring is 1. The molecule has 0 saturated carbocycles. The summed E-state index contributed by atoms with van der Waals surface area (Å²) in [5, 5.41) is 4.81. The van der Waals surface area contributed by atoms with Gasteiger partial charge in [-0.1, -0.05) is 12.1 Å². The van der Waals surface area contributed by atoms with E-state index in [1.54, 1.807) is 12.1 Å². The molecule has 4 rings (SSSR count). The van der Waals surface area contributed by atoms with E-state index in [1.165, 1.54) is 46.1 Å². The lowest BCUT2D eigenvalue weighted by molar-refractivity contribution is 0.483. The number of hydrogen-bond acceptors (Lipinski definition) is 7. The van der Waals surface area contributed by atoms with Crippen LogP contribution in [0.1, 0.15) is 0 Å². The van der Waals surface area contributed by atoms with Gasteiger partial charge in [-0.3, -0.25) is 13.7 Å². The fourth-order valence-electron chi connectivity index (χ4n) is 2.70. The van der Waals surface area contributed by atoms with Crippen LogP contribution in [0.25, 0.3) is 16.2 Å². The van der Waals surface area contributed by atoms with E-state index in [1.807, 2.05) is 17.5 Å². The number of nitrogens with two attached hydrogens (primary N) is 1. The van der Waals surface area contributed by atoms with Gasteiger partial charge >= 0.3 is 0 Å². The highest BCUT2D eigenvalue weighted by Crippen LogP contribution is 2.26. The first-order valence-electron chi connectivity index (χ1n) is 8.03. The van der Waals surface area contributed by atoms with E-state index in [2.05, 4.69) is 10.3 Å². The lowest BCUT2D eigenvalue weighted by atomic mass is 10.1. The predicted molar refractivity (Wildman–Crippen MR) is 109 cm³/mol. The molecule has 0 aliphatic carbocycles. The van der Waals surface area contributed by atoms with Crippen LogP contribution >= 0.6 is 11.3 Å². The average Bonchev–Trinajstić information content (AvgIpc) is 3.06. The van der Waals surface area contributed by atoms with Crippen molar-refractivity contribution in [1.82, 2.24) is 9.38 Å². The normalized spacial score (nSPS) is 11.6. The number of nitrogens with zero attached hydrogens (tertiary/aromatic N) is 2. The number of thiazole rings is 1. The summed E-state index contributed by atoms with van der Waals surface area (Å²) in [5.41, 5.74) is 8.20. The van der Waals surface area contributed by atoms with Crippen LogP contribution < -0.4 is 16.6 Å². The molecule has 0 aliphatic rings. The molecule has 0 spiro atoms. The standard InChI is InChI=1S/C18H14N4O4S2/c19-12-3-1-11(2-4-12)15-10-27-18-21-16(9-17(23)22(15)18)20-13-5-7-14(8-6-13)28(24,25)26/h1-10,20H,19H2,(H,24,25,26). The summed E-state index contributed by atoms with van der Waals surface area (Å²) in [6.07, 6.45) is 0. The zero-order valence-electron chi connectivity index (χ0n) is 14.2. The third-order valence-corrected chi connectivity index (χ3v) is 5.73. The molecule has 2 aromatic carbocycles. The van der Waals surface area contributed by atoms with Gasteiger partial charge in [0, 0.05) is 22.8 Å². The van der Waals surface area contributed by atoms with Gasteiger partial charge in [-0.05, 0) is 42.0 Å². The van der Waals surface area contributed by atoms with E-state index < -0.39 is 10.1 Å². The molecule has 0 aliphatic heterocycles. The molecule has 10 heteroatoms. The zero-order valence-corrected chi connectivity index (χ0v) is 15.9. The minimum absolute atomic E-state index is 0.215. The molecule has 4 aromatic rings. The third-order valence-electron chi connectivity index (χ3n) is 4.04. The van der Waals surface area contributed by atoms with E-state index in [-0.39, 0.29) is 10.5 Å². The van der Waals surface area contributed by atoms with E-state index in [4.69, 9.17) is 10.3 Å². The minimum atomic E-state index is -4.26. The Balaban J connectivity index is 1.69. The Bertz CT molecular complexity index is 1330. The number of fused-ring (bicyclic) bond motifs is 1. The Labute approximate surface area is 163 Å². The van der Waals surface area contributed by atoms with Crippen LogP contribution in [0, 0.1) is 0 Å². The Morgan fingerprint density at radius 2 is 1.75 bits per heavy atom. The fourth-order valence-corrected chi connectivity index (χ4v) is 4.08. The van der Waals surface area contributed by atoms with Crippen LogP contribution in [0.5, 0.6) is 0 Å². The summed E-state index contributed by atoms with van der Waals surface area (Å²) < 4.78 is 32.8. The van der Waals surface area contributed by atoms with Crippen LogP contribution in [0.3, 0.4) is 0 Å². The maximum atomic E-state index is 12.7. The monoisotopic (exact) mass is 414 g/mol. The van der Waals surface area contributed by atoms with E-state index in [0.29, 0.717) is 22.2 Å². The molecule has 142 valence electrons. The summed E-state index contributed by atoms with van der Waals surface area (Å²) in [5.74, 6) is 0.329. The summed E-state index contributed by atoms with van der Waals surface area (Å²) in [4.78, 5) is 17.4. The molecule has 2 heterocycles. The molecule has 0 radical (unpaired) electrons. The maximum absolute atomic E-state index is 12.7. The summed E-state index contributed by atoms with van der Waals surface area (Å²) in [6.45, 7) is 0. The molecule has 8 nitrogen and oxygen atoms in total. The van der Waals surface area contributed by atoms with Gasteiger partial charge in [0.05, 0.1) is 10.6 Å². The van der Waals surface area contributed by atoms with Crippen molar-refractivity contribution < 1.29 is 13.0 Å². The van der Waals surface area contributed by atoms with E-state index in [0.717, 1.165) is 11.3 Å². The van der Waals surface area contributed by atoms with Gasteiger partial charge in [-0.15, -0.1) is 11.3 Å². The Hall–Kier alpha value is -3.21. The van der Waals surface area contributed by atoms with Crippen LogP contribution in [-0.2, 0) is 10.1 Å². The smallest absolute Gasteiger partial charge is 0.294 e. The highest BCUT2D eigenvalue weighted by Gasteiger charge is 2.12. The minimum Gasteiger partial charge on any atom is -0.399 e. The van der Waals surface area contributed by atoms with Crippen molar-refractivity contribution in [3.8, 4) is 11.3 Å². The van der Waals surface area contributed by atoms with Gasteiger partial charge < -0.3 is 11.1 Å². The fraction of sp³-hybridized carbons (Fsp3) is 0. The van der Waals surface area contributed by atoms with Crippen molar-refractivity contribution in [2.75, 3.05) is 11.1 Å². The van der Waals surface area contributed by atoms with Gasteiger partial charge in [-0.25, -0.2) is 4.98 Å². The predicted octanol–water partition coefficient (Wildman–Crippen LogP) is 3.00. The molecule has 2 aromatic heterocycles. The molecule has 0 bridgehead atoms.